The molecule has 0 spiro atoms. The third-order valence-electron chi connectivity index (χ3n) is 5.12. The predicted octanol–water partition coefficient (Wildman–Crippen LogP) is 4.84. The maximum absolute atomic E-state index is 12.5. The van der Waals surface area contributed by atoms with E-state index >= 15 is 0 Å². The molecule has 0 radical (unpaired) electrons. The molecule has 174 valence electrons. The van der Waals surface area contributed by atoms with Gasteiger partial charge in [0, 0.05) is 10.6 Å². The lowest BCUT2D eigenvalue weighted by Crippen LogP contribution is -2.37. The number of aromatic hydroxyl groups is 1. The monoisotopic (exact) mass is 494 g/mol. The summed E-state index contributed by atoms with van der Waals surface area (Å²) in [6.07, 6.45) is 0. The molecule has 3 aromatic carbocycles. The van der Waals surface area contributed by atoms with Gasteiger partial charge >= 0.3 is 0 Å². The van der Waals surface area contributed by atoms with E-state index in [1.54, 1.807) is 12.1 Å². The molecule has 1 amide bonds. The molecule has 7 nitrogen and oxygen atoms in total. The van der Waals surface area contributed by atoms with Crippen LogP contribution in [0.3, 0.4) is 0 Å². The van der Waals surface area contributed by atoms with Crippen LogP contribution in [0.25, 0.3) is 16.7 Å². The molecule has 0 unspecified atom stereocenters. The van der Waals surface area contributed by atoms with E-state index in [0.717, 1.165) is 21.8 Å². The topological polar surface area (TPSA) is 88.4 Å². The number of phenolic OH excluding ortho intramolecular Hbond substituents is 1. The summed E-state index contributed by atoms with van der Waals surface area (Å²) in [6, 6.07) is 20.3. The Labute approximate surface area is 206 Å². The summed E-state index contributed by atoms with van der Waals surface area (Å²) in [7, 11) is 1.47. The molecule has 0 fully saturated rings. The molecule has 0 bridgehead atoms. The van der Waals surface area contributed by atoms with E-state index < -0.39 is 0 Å². The van der Waals surface area contributed by atoms with Crippen LogP contribution < -0.4 is 15.6 Å². The van der Waals surface area contributed by atoms with E-state index in [0.29, 0.717) is 28.6 Å². The normalized spacial score (nSPS) is 10.8. The molecule has 0 aliphatic rings. The minimum Gasteiger partial charge on any atom is -0.504 e. The lowest BCUT2D eigenvalue weighted by molar-refractivity contribution is -0.119. The smallest absolute Gasteiger partial charge is 0.248 e. The van der Waals surface area contributed by atoms with Crippen LogP contribution in [0.5, 0.6) is 11.5 Å². The van der Waals surface area contributed by atoms with Gasteiger partial charge < -0.3 is 14.4 Å². The molecule has 0 saturated carbocycles. The van der Waals surface area contributed by atoms with Gasteiger partial charge in [-0.3, -0.25) is 15.6 Å². The number of rotatable bonds is 9. The summed E-state index contributed by atoms with van der Waals surface area (Å²) in [5.41, 5.74) is 9.38. The molecule has 3 N–H and O–H groups in total. The summed E-state index contributed by atoms with van der Waals surface area (Å²) >= 11 is 7.71. The second-order valence-electron chi connectivity index (χ2n) is 7.39. The minimum atomic E-state index is -0.242. The number of methoxy groups -OCH3 is 1. The molecule has 4 rings (SSSR count). The molecule has 0 saturated heterocycles. The van der Waals surface area contributed by atoms with E-state index in [1.807, 2.05) is 48.5 Å². The average Bonchev–Trinajstić information content (AvgIpc) is 3.20. The number of nitrogens with one attached hydrogen (secondary N) is 2. The zero-order valence-electron chi connectivity index (χ0n) is 18.4. The van der Waals surface area contributed by atoms with Crippen molar-refractivity contribution in [3.05, 3.63) is 89.5 Å². The Morgan fingerprint density at radius 1 is 1.15 bits per heavy atom. The van der Waals surface area contributed by atoms with Crippen LogP contribution in [0.2, 0.25) is 5.02 Å². The number of ether oxygens (including phenoxy) is 1. The van der Waals surface area contributed by atoms with Crippen molar-refractivity contribution in [2.24, 2.45) is 0 Å². The third kappa shape index (κ3) is 5.30. The highest BCUT2D eigenvalue weighted by Gasteiger charge is 2.15. The largest absolute Gasteiger partial charge is 0.504 e. The molecule has 0 aliphatic heterocycles. The zero-order chi connectivity index (χ0) is 24.1. The average molecular weight is 495 g/mol. The van der Waals surface area contributed by atoms with Crippen molar-refractivity contribution in [2.75, 3.05) is 12.9 Å². The first-order valence-corrected chi connectivity index (χ1v) is 11.7. The van der Waals surface area contributed by atoms with Gasteiger partial charge in [0.1, 0.15) is 0 Å². The van der Waals surface area contributed by atoms with Crippen LogP contribution in [-0.4, -0.2) is 33.4 Å². The highest BCUT2D eigenvalue weighted by molar-refractivity contribution is 7.99. The van der Waals surface area contributed by atoms with E-state index in [2.05, 4.69) is 22.0 Å². The van der Waals surface area contributed by atoms with Crippen molar-refractivity contribution in [1.29, 1.82) is 0 Å². The number of phenols is 1. The second kappa shape index (κ2) is 10.5. The Kier molecular flexibility index (Phi) is 7.30. The van der Waals surface area contributed by atoms with Gasteiger partial charge in [-0.15, -0.1) is 0 Å². The SMILES string of the molecule is C=C(NNC(=O)CSc1nc2ccccc2n1Cc1ccccc1Cl)c1ccc(O)c(OC)c1. The lowest BCUT2D eigenvalue weighted by Gasteiger charge is -2.13. The zero-order valence-corrected chi connectivity index (χ0v) is 20.0. The number of nitrogens with zero attached hydrogens (tertiary/aromatic N) is 2. The summed E-state index contributed by atoms with van der Waals surface area (Å²) in [5.74, 6) is 0.248. The number of benzene rings is 3. The molecular formula is C25H23ClN4O3S. The van der Waals surface area contributed by atoms with E-state index in [-0.39, 0.29) is 17.4 Å². The van der Waals surface area contributed by atoms with Gasteiger partial charge in [0.25, 0.3) is 0 Å². The fourth-order valence-corrected chi connectivity index (χ4v) is 4.37. The lowest BCUT2D eigenvalue weighted by atomic mass is 10.1. The van der Waals surface area contributed by atoms with Gasteiger partial charge in [-0.25, -0.2) is 4.98 Å². The summed E-state index contributed by atoms with van der Waals surface area (Å²) in [4.78, 5) is 17.2. The number of hydrazine groups is 1. The fourth-order valence-electron chi connectivity index (χ4n) is 3.36. The van der Waals surface area contributed by atoms with Crippen molar-refractivity contribution >= 4 is 46.0 Å². The van der Waals surface area contributed by atoms with E-state index in [1.165, 1.54) is 24.9 Å². The molecular weight excluding hydrogens is 472 g/mol. The van der Waals surface area contributed by atoms with E-state index in [9.17, 15) is 9.90 Å². The van der Waals surface area contributed by atoms with Crippen molar-refractivity contribution in [1.82, 2.24) is 20.4 Å². The number of hydrogen-bond acceptors (Lipinski definition) is 6. The number of aromatic nitrogens is 2. The van der Waals surface area contributed by atoms with Gasteiger partial charge in [0.05, 0.1) is 36.1 Å². The standard InChI is InChI=1S/C25H23ClN4O3S/c1-16(17-11-12-22(31)23(13-17)33-2)28-29-24(32)15-34-25-27-20-9-5-6-10-21(20)30(25)14-18-7-3-4-8-19(18)26/h3-13,28,31H,1,14-15H2,2H3,(H,29,32). The highest BCUT2D eigenvalue weighted by atomic mass is 35.5. The van der Waals surface area contributed by atoms with Crippen LogP contribution in [0.4, 0.5) is 0 Å². The number of hydrogen-bond donors (Lipinski definition) is 3. The number of amides is 1. The number of thioether (sulfide) groups is 1. The molecule has 0 atom stereocenters. The van der Waals surface area contributed by atoms with Gasteiger partial charge in [-0.05, 0) is 42.0 Å². The quantitative estimate of drug-likeness (QED) is 0.228. The number of carbonyl (C=O) groups is 1. The van der Waals surface area contributed by atoms with E-state index in [4.69, 9.17) is 21.3 Å². The van der Waals surface area contributed by atoms with Crippen LogP contribution in [0, 0.1) is 0 Å². The molecule has 9 heteroatoms. The summed E-state index contributed by atoms with van der Waals surface area (Å²) < 4.78 is 7.17. The van der Waals surface area contributed by atoms with Crippen molar-refractivity contribution < 1.29 is 14.6 Å². The van der Waals surface area contributed by atoms with Crippen LogP contribution in [0.1, 0.15) is 11.1 Å². The maximum Gasteiger partial charge on any atom is 0.248 e. The first-order valence-electron chi connectivity index (χ1n) is 10.4. The van der Waals surface area contributed by atoms with Gasteiger partial charge in [0.2, 0.25) is 5.91 Å². The molecule has 0 aliphatic carbocycles. The van der Waals surface area contributed by atoms with Crippen LogP contribution in [0.15, 0.2) is 78.5 Å². The second-order valence-corrected chi connectivity index (χ2v) is 8.74. The number of fused-ring (bicyclic) bond motifs is 1. The van der Waals surface area contributed by atoms with Crippen molar-refractivity contribution in [3.8, 4) is 11.5 Å². The summed E-state index contributed by atoms with van der Waals surface area (Å²) in [6.45, 7) is 4.46. The first kappa shape index (κ1) is 23.5. The Balaban J connectivity index is 1.42. The van der Waals surface area contributed by atoms with Crippen molar-refractivity contribution in [3.63, 3.8) is 0 Å². The Morgan fingerprint density at radius 2 is 1.91 bits per heavy atom. The third-order valence-corrected chi connectivity index (χ3v) is 6.46. The van der Waals surface area contributed by atoms with Gasteiger partial charge in [-0.2, -0.15) is 0 Å². The first-order chi connectivity index (χ1) is 16.5. The Hall–Kier alpha value is -3.62. The number of para-hydroxylation sites is 2. The van der Waals surface area contributed by atoms with Crippen LogP contribution >= 0.6 is 23.4 Å². The molecule has 34 heavy (non-hydrogen) atoms. The van der Waals surface area contributed by atoms with Gasteiger partial charge in [-0.1, -0.05) is 60.3 Å². The van der Waals surface area contributed by atoms with Crippen LogP contribution in [-0.2, 0) is 11.3 Å². The maximum atomic E-state index is 12.5. The fraction of sp³-hybridized carbons (Fsp3) is 0.120. The summed E-state index contributed by atoms with van der Waals surface area (Å²) in [5, 5.41) is 11.1. The number of imidazole rings is 1. The Morgan fingerprint density at radius 3 is 2.71 bits per heavy atom. The predicted molar refractivity (Wildman–Crippen MR) is 136 cm³/mol. The molecule has 4 aromatic rings. The molecule has 1 heterocycles. The molecule has 1 aromatic heterocycles. The number of halogens is 1. The Bertz CT molecular complexity index is 1360. The van der Waals surface area contributed by atoms with Gasteiger partial charge in [0.15, 0.2) is 16.7 Å². The van der Waals surface area contributed by atoms with Crippen molar-refractivity contribution in [2.45, 2.75) is 11.7 Å². The minimum absolute atomic E-state index is 0.0270. The number of carbonyl (C=O) groups excluding carboxylic acids is 1. The highest BCUT2D eigenvalue weighted by Crippen LogP contribution is 2.29.